The quantitative estimate of drug-likeness (QED) is 0.663. The third kappa shape index (κ3) is 4.76. The summed E-state index contributed by atoms with van der Waals surface area (Å²) in [6.07, 6.45) is 4.50. The smallest absolute Gasteiger partial charge is 0.227 e. The molecule has 7 nitrogen and oxygen atoms in total. The van der Waals surface area contributed by atoms with Crippen molar-refractivity contribution in [2.45, 2.75) is 48.5 Å². The maximum atomic E-state index is 12.7. The van der Waals surface area contributed by atoms with Crippen LogP contribution in [0.3, 0.4) is 0 Å². The van der Waals surface area contributed by atoms with Crippen LogP contribution < -0.4 is 10.2 Å². The predicted molar refractivity (Wildman–Crippen MR) is 131 cm³/mol. The summed E-state index contributed by atoms with van der Waals surface area (Å²) < 4.78 is 23.8. The first kappa shape index (κ1) is 23.0. The molecule has 3 aliphatic rings. The lowest BCUT2D eigenvalue weighted by atomic mass is 9.73. The maximum absolute atomic E-state index is 12.7. The molecule has 1 aromatic heterocycles. The third-order valence-electron chi connectivity index (χ3n) is 7.12. The fourth-order valence-electron chi connectivity index (χ4n) is 5.19. The van der Waals surface area contributed by atoms with Crippen LogP contribution in [0.5, 0.6) is 0 Å². The van der Waals surface area contributed by atoms with Crippen molar-refractivity contribution < 1.29 is 13.7 Å². The molecular formula is C24H31ClN4O3S. The predicted octanol–water partition coefficient (Wildman–Crippen LogP) is 3.57. The van der Waals surface area contributed by atoms with E-state index in [4.69, 9.17) is 31.0 Å². The molecule has 1 aromatic carbocycles. The van der Waals surface area contributed by atoms with Crippen molar-refractivity contribution in [3.63, 3.8) is 0 Å². The summed E-state index contributed by atoms with van der Waals surface area (Å²) >= 11 is 6.13. The molecule has 0 amide bonds. The van der Waals surface area contributed by atoms with Crippen LogP contribution >= 0.6 is 11.6 Å². The number of anilines is 2. The minimum atomic E-state index is -1.03. The van der Waals surface area contributed by atoms with Gasteiger partial charge in [-0.05, 0) is 43.4 Å². The van der Waals surface area contributed by atoms with E-state index in [2.05, 4.69) is 22.3 Å². The molecule has 4 heterocycles. The number of halogens is 1. The van der Waals surface area contributed by atoms with E-state index in [1.54, 1.807) is 7.11 Å². The summed E-state index contributed by atoms with van der Waals surface area (Å²) in [5, 5.41) is 4.32. The number of rotatable bonds is 6. The lowest BCUT2D eigenvalue weighted by molar-refractivity contribution is 0.0903. The number of hydrogen-bond donors (Lipinski definition) is 1. The fourth-order valence-corrected chi connectivity index (χ4v) is 6.63. The molecule has 0 radical (unpaired) electrons. The summed E-state index contributed by atoms with van der Waals surface area (Å²) in [6.45, 7) is 3.84. The lowest BCUT2D eigenvalue weighted by Crippen LogP contribution is -2.46. The number of benzene rings is 1. The van der Waals surface area contributed by atoms with Gasteiger partial charge in [0, 0.05) is 62.1 Å². The van der Waals surface area contributed by atoms with Crippen LogP contribution in [-0.2, 0) is 32.1 Å². The molecule has 0 bridgehead atoms. The van der Waals surface area contributed by atoms with E-state index >= 15 is 0 Å². The average molecular weight is 491 g/mol. The number of nitrogens with one attached hydrogen (secondary N) is 1. The fraction of sp³-hybridized carbons (Fsp3) is 0.583. The van der Waals surface area contributed by atoms with Crippen molar-refractivity contribution in [3.05, 3.63) is 40.5 Å². The van der Waals surface area contributed by atoms with Crippen molar-refractivity contribution in [1.29, 1.82) is 0 Å². The molecule has 2 aromatic rings. The van der Waals surface area contributed by atoms with E-state index in [9.17, 15) is 4.21 Å². The van der Waals surface area contributed by atoms with Crippen LogP contribution in [-0.4, -0.2) is 66.0 Å². The Hall–Kier alpha value is -1.74. The van der Waals surface area contributed by atoms with Crippen LogP contribution in [0.2, 0.25) is 5.02 Å². The zero-order chi connectivity index (χ0) is 22.8. The molecule has 2 saturated heterocycles. The van der Waals surface area contributed by atoms with Gasteiger partial charge >= 0.3 is 0 Å². The molecular weight excluding hydrogens is 460 g/mol. The molecule has 178 valence electrons. The molecule has 5 rings (SSSR count). The van der Waals surface area contributed by atoms with Crippen molar-refractivity contribution in [2.24, 2.45) is 0 Å². The minimum Gasteiger partial charge on any atom is -0.384 e. The first-order chi connectivity index (χ1) is 16.1. The second kappa shape index (κ2) is 9.86. The normalized spacial score (nSPS) is 22.8. The summed E-state index contributed by atoms with van der Waals surface area (Å²) in [7, 11) is 0.732. The molecule has 0 aliphatic carbocycles. The van der Waals surface area contributed by atoms with Crippen molar-refractivity contribution in [1.82, 2.24) is 9.97 Å². The van der Waals surface area contributed by atoms with Gasteiger partial charge < -0.3 is 19.7 Å². The van der Waals surface area contributed by atoms with Crippen molar-refractivity contribution in [3.8, 4) is 0 Å². The van der Waals surface area contributed by atoms with E-state index < -0.39 is 10.8 Å². The van der Waals surface area contributed by atoms with Crippen molar-refractivity contribution in [2.75, 3.05) is 56.0 Å². The Bertz CT molecular complexity index is 1010. The van der Waals surface area contributed by atoms with Gasteiger partial charge in [0.25, 0.3) is 0 Å². The largest absolute Gasteiger partial charge is 0.384 e. The Kier molecular flexibility index (Phi) is 6.88. The van der Waals surface area contributed by atoms with Gasteiger partial charge in [0.15, 0.2) is 0 Å². The van der Waals surface area contributed by atoms with Gasteiger partial charge in [-0.25, -0.2) is 4.98 Å². The second-order valence-corrected chi connectivity index (χ2v) is 11.1. The van der Waals surface area contributed by atoms with Gasteiger partial charge in [-0.2, -0.15) is 4.98 Å². The van der Waals surface area contributed by atoms with Gasteiger partial charge in [0.05, 0.1) is 23.1 Å². The zero-order valence-electron chi connectivity index (χ0n) is 19.0. The van der Waals surface area contributed by atoms with E-state index in [1.165, 1.54) is 5.56 Å². The highest BCUT2D eigenvalue weighted by Crippen LogP contribution is 2.38. The summed E-state index contributed by atoms with van der Waals surface area (Å²) in [5.41, 5.74) is 2.15. The third-order valence-corrected chi connectivity index (χ3v) is 8.83. The molecule has 33 heavy (non-hydrogen) atoms. The lowest BCUT2D eigenvalue weighted by Gasteiger charge is -2.42. The Balaban J connectivity index is 1.38. The number of aromatic nitrogens is 2. The molecule has 1 unspecified atom stereocenters. The Morgan fingerprint density at radius 2 is 1.94 bits per heavy atom. The van der Waals surface area contributed by atoms with E-state index in [0.717, 1.165) is 85.8 Å². The first-order valence-electron chi connectivity index (χ1n) is 11.7. The van der Waals surface area contributed by atoms with Crippen LogP contribution in [0, 0.1) is 0 Å². The number of nitrogens with zero attached hydrogens (tertiary/aromatic N) is 3. The van der Waals surface area contributed by atoms with E-state index in [1.807, 2.05) is 12.1 Å². The first-order valence-corrected chi connectivity index (χ1v) is 13.4. The number of methoxy groups -OCH3 is 1. The van der Waals surface area contributed by atoms with Crippen LogP contribution in [0.25, 0.3) is 0 Å². The van der Waals surface area contributed by atoms with Crippen LogP contribution in [0.15, 0.2) is 29.2 Å². The standard InChI is InChI=1S/C24H31ClN4O3S/c1-31-16-24(17-2-4-18(25)5-3-17)9-11-29(12-10-24)23-27-20-8-15-33(30)21(20)22(28-23)26-19-6-13-32-14-7-19/h2-5,19H,6-16H2,1H3,(H,26,27,28). The van der Waals surface area contributed by atoms with E-state index in [0.29, 0.717) is 18.4 Å². The molecule has 0 saturated carbocycles. The molecule has 0 spiro atoms. The van der Waals surface area contributed by atoms with Crippen LogP contribution in [0.1, 0.15) is 36.9 Å². The Morgan fingerprint density at radius 1 is 1.21 bits per heavy atom. The zero-order valence-corrected chi connectivity index (χ0v) is 20.6. The SMILES string of the molecule is COCC1(c2ccc(Cl)cc2)CCN(c2nc3c(c(NC4CCOCC4)n2)S(=O)CC3)CC1. The molecule has 1 atom stereocenters. The van der Waals surface area contributed by atoms with Gasteiger partial charge in [-0.1, -0.05) is 23.7 Å². The van der Waals surface area contributed by atoms with Gasteiger partial charge in [-0.3, -0.25) is 4.21 Å². The summed E-state index contributed by atoms with van der Waals surface area (Å²) in [5.74, 6) is 2.12. The highest BCUT2D eigenvalue weighted by Gasteiger charge is 2.38. The van der Waals surface area contributed by atoms with Gasteiger partial charge in [-0.15, -0.1) is 0 Å². The number of aryl methyl sites for hydroxylation is 1. The molecule has 3 aliphatic heterocycles. The number of piperidine rings is 1. The average Bonchev–Trinajstić information content (AvgIpc) is 3.22. The number of hydrogen-bond acceptors (Lipinski definition) is 7. The van der Waals surface area contributed by atoms with Gasteiger partial charge in [0.2, 0.25) is 5.95 Å². The molecule has 9 heteroatoms. The minimum absolute atomic E-state index is 0.0444. The van der Waals surface area contributed by atoms with Crippen molar-refractivity contribution >= 4 is 34.2 Å². The molecule has 2 fully saturated rings. The summed E-state index contributed by atoms with van der Waals surface area (Å²) in [4.78, 5) is 12.8. The highest BCUT2D eigenvalue weighted by atomic mass is 35.5. The van der Waals surface area contributed by atoms with E-state index in [-0.39, 0.29) is 5.41 Å². The monoisotopic (exact) mass is 490 g/mol. The number of ether oxygens (including phenoxy) is 2. The summed E-state index contributed by atoms with van der Waals surface area (Å²) in [6, 6.07) is 8.45. The van der Waals surface area contributed by atoms with Gasteiger partial charge in [0.1, 0.15) is 10.7 Å². The Labute approximate surface area is 202 Å². The topological polar surface area (TPSA) is 76.6 Å². The maximum Gasteiger partial charge on any atom is 0.227 e. The second-order valence-electron chi connectivity index (χ2n) is 9.19. The molecule has 1 N–H and O–H groups in total. The Morgan fingerprint density at radius 3 is 2.64 bits per heavy atom. The van der Waals surface area contributed by atoms with Crippen LogP contribution in [0.4, 0.5) is 11.8 Å². The number of fused-ring (bicyclic) bond motifs is 1. The highest BCUT2D eigenvalue weighted by molar-refractivity contribution is 7.85.